The molecule has 4 heteroatoms. The molecule has 0 spiro atoms. The van der Waals surface area contributed by atoms with Gasteiger partial charge in [-0.1, -0.05) is 12.1 Å². The van der Waals surface area contributed by atoms with Crippen molar-refractivity contribution in [1.82, 2.24) is 4.98 Å². The second-order valence-corrected chi connectivity index (χ2v) is 3.96. The first-order chi connectivity index (χ1) is 8.81. The average Bonchev–Trinajstić information content (AvgIpc) is 2.77. The molecule has 1 aliphatic heterocycles. The Balaban J connectivity index is 2.16. The van der Waals surface area contributed by atoms with Crippen LogP contribution < -0.4 is 4.74 Å². The minimum Gasteiger partial charge on any atom is -0.496 e. The van der Waals surface area contributed by atoms with E-state index < -0.39 is 6.10 Å². The highest BCUT2D eigenvalue weighted by Gasteiger charge is 2.35. The lowest BCUT2D eigenvalue weighted by Gasteiger charge is -2.12. The molecule has 90 valence electrons. The highest BCUT2D eigenvalue weighted by Crippen LogP contribution is 2.40. The summed E-state index contributed by atoms with van der Waals surface area (Å²) in [6, 6.07) is 10.9. The number of ether oxygens (including phenoxy) is 2. The number of esters is 1. The first-order valence-electron chi connectivity index (χ1n) is 5.60. The van der Waals surface area contributed by atoms with Gasteiger partial charge in [-0.3, -0.25) is 4.98 Å². The molecule has 2 heterocycles. The average molecular weight is 241 g/mol. The Labute approximate surface area is 104 Å². The Hall–Kier alpha value is -2.36. The van der Waals surface area contributed by atoms with Gasteiger partial charge >= 0.3 is 5.97 Å². The summed E-state index contributed by atoms with van der Waals surface area (Å²) in [6.45, 7) is 0. The minimum atomic E-state index is -0.482. The van der Waals surface area contributed by atoms with Crippen molar-refractivity contribution in [2.24, 2.45) is 0 Å². The lowest BCUT2D eigenvalue weighted by Crippen LogP contribution is -2.03. The van der Waals surface area contributed by atoms with Crippen LogP contribution in [0.3, 0.4) is 0 Å². The van der Waals surface area contributed by atoms with Gasteiger partial charge in [-0.2, -0.15) is 0 Å². The van der Waals surface area contributed by atoms with Crippen LogP contribution in [-0.4, -0.2) is 18.1 Å². The van der Waals surface area contributed by atoms with E-state index in [-0.39, 0.29) is 5.97 Å². The number of rotatable bonds is 2. The molecule has 0 aliphatic carbocycles. The molecule has 4 nitrogen and oxygen atoms in total. The van der Waals surface area contributed by atoms with Gasteiger partial charge in [-0.25, -0.2) is 4.79 Å². The van der Waals surface area contributed by atoms with Crippen molar-refractivity contribution in [3.05, 3.63) is 59.4 Å². The van der Waals surface area contributed by atoms with E-state index in [9.17, 15) is 4.79 Å². The molecule has 0 saturated carbocycles. The van der Waals surface area contributed by atoms with E-state index in [1.54, 1.807) is 25.4 Å². The summed E-state index contributed by atoms with van der Waals surface area (Å²) >= 11 is 0. The zero-order valence-electron chi connectivity index (χ0n) is 9.79. The lowest BCUT2D eigenvalue weighted by molar-refractivity contribution is 0.0448. The molecule has 0 N–H and O–H groups in total. The summed E-state index contributed by atoms with van der Waals surface area (Å²) in [5.41, 5.74) is 2.00. The molecule has 0 bridgehead atoms. The van der Waals surface area contributed by atoms with Gasteiger partial charge in [0.15, 0.2) is 6.10 Å². The first kappa shape index (κ1) is 10.8. The first-order valence-corrected chi connectivity index (χ1v) is 5.60. The maximum Gasteiger partial charge on any atom is 0.339 e. The fourth-order valence-corrected chi connectivity index (χ4v) is 2.14. The van der Waals surface area contributed by atoms with Gasteiger partial charge in [-0.15, -0.1) is 0 Å². The highest BCUT2D eigenvalue weighted by molar-refractivity contribution is 5.95. The number of cyclic esters (lactones) is 1. The van der Waals surface area contributed by atoms with Gasteiger partial charge in [-0.05, 0) is 24.3 Å². The molecule has 3 rings (SSSR count). The van der Waals surface area contributed by atoms with E-state index in [2.05, 4.69) is 4.98 Å². The highest BCUT2D eigenvalue weighted by atomic mass is 16.6. The van der Waals surface area contributed by atoms with Crippen LogP contribution >= 0.6 is 0 Å². The van der Waals surface area contributed by atoms with Crippen molar-refractivity contribution in [3.63, 3.8) is 0 Å². The molecule has 2 aromatic rings. The monoisotopic (exact) mass is 241 g/mol. The number of fused-ring (bicyclic) bond motifs is 1. The summed E-state index contributed by atoms with van der Waals surface area (Å²) in [5, 5.41) is 0. The zero-order valence-corrected chi connectivity index (χ0v) is 9.79. The largest absolute Gasteiger partial charge is 0.496 e. The molecule has 1 atom stereocenters. The maximum atomic E-state index is 11.8. The Morgan fingerprint density at radius 1 is 1.22 bits per heavy atom. The third-order valence-corrected chi connectivity index (χ3v) is 2.95. The third kappa shape index (κ3) is 1.54. The normalized spacial score (nSPS) is 17.2. The molecule has 1 aromatic carbocycles. The van der Waals surface area contributed by atoms with Crippen LogP contribution in [0.5, 0.6) is 5.75 Å². The topological polar surface area (TPSA) is 48.4 Å². The van der Waals surface area contributed by atoms with Gasteiger partial charge in [0.1, 0.15) is 5.75 Å². The van der Waals surface area contributed by atoms with Crippen molar-refractivity contribution in [2.45, 2.75) is 6.10 Å². The number of hydrogen-bond acceptors (Lipinski definition) is 4. The van der Waals surface area contributed by atoms with Crippen LogP contribution in [0.25, 0.3) is 0 Å². The van der Waals surface area contributed by atoms with E-state index in [0.717, 1.165) is 5.56 Å². The zero-order chi connectivity index (χ0) is 12.5. The van der Waals surface area contributed by atoms with Crippen molar-refractivity contribution in [3.8, 4) is 5.75 Å². The number of carbonyl (C=O) groups excluding carboxylic acids is 1. The Bertz CT molecular complexity index is 595. The predicted octanol–water partition coefficient (Wildman–Crippen LogP) is 2.35. The van der Waals surface area contributed by atoms with E-state index >= 15 is 0 Å². The summed E-state index contributed by atoms with van der Waals surface area (Å²) in [7, 11) is 1.58. The number of aromatic nitrogens is 1. The summed E-state index contributed by atoms with van der Waals surface area (Å²) < 4.78 is 10.7. The molecular weight excluding hydrogens is 230 g/mol. The lowest BCUT2D eigenvalue weighted by atomic mass is 10.0. The second kappa shape index (κ2) is 4.14. The SMILES string of the molecule is COc1cccc2c1C(c1ccccn1)OC2=O. The Kier molecular flexibility index (Phi) is 2.48. The fraction of sp³-hybridized carbons (Fsp3) is 0.143. The maximum absolute atomic E-state index is 11.8. The number of pyridine rings is 1. The molecule has 1 unspecified atom stereocenters. The van der Waals surface area contributed by atoms with Gasteiger partial charge < -0.3 is 9.47 Å². The number of carbonyl (C=O) groups is 1. The van der Waals surface area contributed by atoms with Gasteiger partial charge in [0, 0.05) is 6.20 Å². The summed E-state index contributed by atoms with van der Waals surface area (Å²) in [6.07, 6.45) is 1.20. The standard InChI is InChI=1S/C14H11NO3/c1-17-11-7-4-5-9-12(11)13(18-14(9)16)10-6-2-3-8-15-10/h2-8,13H,1H3. The molecule has 1 aliphatic rings. The van der Waals surface area contributed by atoms with Crippen LogP contribution in [0.4, 0.5) is 0 Å². The van der Waals surface area contributed by atoms with E-state index in [4.69, 9.17) is 9.47 Å². The molecule has 0 saturated heterocycles. The number of benzene rings is 1. The Morgan fingerprint density at radius 2 is 2.11 bits per heavy atom. The molecule has 0 fully saturated rings. The third-order valence-electron chi connectivity index (χ3n) is 2.95. The van der Waals surface area contributed by atoms with Crippen molar-refractivity contribution >= 4 is 5.97 Å². The number of hydrogen-bond donors (Lipinski definition) is 0. The molecular formula is C14H11NO3. The van der Waals surface area contributed by atoms with Crippen molar-refractivity contribution < 1.29 is 14.3 Å². The molecule has 1 aromatic heterocycles. The number of nitrogens with zero attached hydrogens (tertiary/aromatic N) is 1. The van der Waals surface area contributed by atoms with E-state index in [1.165, 1.54) is 0 Å². The second-order valence-electron chi connectivity index (χ2n) is 3.96. The number of methoxy groups -OCH3 is 1. The summed E-state index contributed by atoms with van der Waals surface area (Å²) in [5.74, 6) is 0.313. The van der Waals surface area contributed by atoms with E-state index in [1.807, 2.05) is 24.3 Å². The van der Waals surface area contributed by atoms with Gasteiger partial charge in [0.05, 0.1) is 23.9 Å². The molecule has 0 amide bonds. The van der Waals surface area contributed by atoms with Gasteiger partial charge in [0.2, 0.25) is 0 Å². The quantitative estimate of drug-likeness (QED) is 0.757. The smallest absolute Gasteiger partial charge is 0.339 e. The predicted molar refractivity (Wildman–Crippen MR) is 64.5 cm³/mol. The van der Waals surface area contributed by atoms with Crippen molar-refractivity contribution in [1.29, 1.82) is 0 Å². The van der Waals surface area contributed by atoms with Gasteiger partial charge in [0.25, 0.3) is 0 Å². The fourth-order valence-electron chi connectivity index (χ4n) is 2.14. The molecule has 18 heavy (non-hydrogen) atoms. The van der Waals surface area contributed by atoms with E-state index in [0.29, 0.717) is 17.0 Å². The van der Waals surface area contributed by atoms with Crippen LogP contribution in [0.1, 0.15) is 27.7 Å². The minimum absolute atomic E-state index is 0.334. The van der Waals surface area contributed by atoms with Crippen LogP contribution in [-0.2, 0) is 4.74 Å². The molecule has 0 radical (unpaired) electrons. The Morgan fingerprint density at radius 3 is 2.83 bits per heavy atom. The summed E-state index contributed by atoms with van der Waals surface area (Å²) in [4.78, 5) is 16.0. The van der Waals surface area contributed by atoms with Crippen LogP contribution in [0.15, 0.2) is 42.6 Å². The van der Waals surface area contributed by atoms with Crippen molar-refractivity contribution in [2.75, 3.05) is 7.11 Å². The van der Waals surface area contributed by atoms with Crippen LogP contribution in [0, 0.1) is 0 Å². The van der Waals surface area contributed by atoms with Crippen LogP contribution in [0.2, 0.25) is 0 Å².